The van der Waals surface area contributed by atoms with E-state index in [1.165, 1.54) is 0 Å². The summed E-state index contributed by atoms with van der Waals surface area (Å²) in [4.78, 5) is 12.5. The van der Waals surface area contributed by atoms with E-state index in [1.54, 1.807) is 38.1 Å². The van der Waals surface area contributed by atoms with Crippen molar-refractivity contribution in [2.45, 2.75) is 26.8 Å². The number of rotatable bonds is 6. The second kappa shape index (κ2) is 7.38. The number of hydrogen-bond acceptors (Lipinski definition) is 4. The van der Waals surface area contributed by atoms with E-state index in [0.29, 0.717) is 28.8 Å². The molecule has 0 saturated carbocycles. The largest absolute Gasteiger partial charge is 0.497 e. The summed E-state index contributed by atoms with van der Waals surface area (Å²) in [5.41, 5.74) is 2.00. The van der Waals surface area contributed by atoms with Crippen LogP contribution in [0.5, 0.6) is 11.5 Å². The van der Waals surface area contributed by atoms with Crippen LogP contribution in [0.25, 0.3) is 11.3 Å². The second-order valence-electron chi connectivity index (χ2n) is 6.11. The summed E-state index contributed by atoms with van der Waals surface area (Å²) in [7, 11) is 4.96. The third-order valence-corrected chi connectivity index (χ3v) is 4.16. The third kappa shape index (κ3) is 3.69. The van der Waals surface area contributed by atoms with Gasteiger partial charge in [-0.2, -0.15) is 5.10 Å². The van der Waals surface area contributed by atoms with Crippen molar-refractivity contribution in [3.05, 3.63) is 30.0 Å². The molecule has 0 radical (unpaired) electrons. The first-order valence-corrected chi connectivity index (χ1v) is 7.94. The van der Waals surface area contributed by atoms with Crippen molar-refractivity contribution in [3.63, 3.8) is 0 Å². The molecule has 0 bridgehead atoms. The van der Waals surface area contributed by atoms with E-state index in [4.69, 9.17) is 9.47 Å². The highest BCUT2D eigenvalue weighted by molar-refractivity contribution is 5.94. The maximum atomic E-state index is 12.5. The molecule has 1 atom stereocenters. The molecule has 24 heavy (non-hydrogen) atoms. The first-order valence-electron chi connectivity index (χ1n) is 7.94. The van der Waals surface area contributed by atoms with Crippen LogP contribution in [-0.4, -0.2) is 35.9 Å². The average molecular weight is 331 g/mol. The Hall–Kier alpha value is -2.50. The number of aromatic nitrogens is 2. The summed E-state index contributed by atoms with van der Waals surface area (Å²) in [5, 5.41) is 7.45. The fourth-order valence-corrected chi connectivity index (χ4v) is 2.27. The highest BCUT2D eigenvalue weighted by atomic mass is 16.5. The fourth-order valence-electron chi connectivity index (χ4n) is 2.27. The lowest BCUT2D eigenvalue weighted by molar-refractivity contribution is 0.0921. The lowest BCUT2D eigenvalue weighted by Crippen LogP contribution is -2.37. The van der Waals surface area contributed by atoms with E-state index in [0.717, 1.165) is 5.56 Å². The molecule has 130 valence electrons. The van der Waals surface area contributed by atoms with Crippen molar-refractivity contribution < 1.29 is 14.3 Å². The molecule has 0 saturated heterocycles. The summed E-state index contributed by atoms with van der Waals surface area (Å²) in [6.07, 6.45) is 0. The van der Waals surface area contributed by atoms with Crippen LogP contribution in [0, 0.1) is 5.92 Å². The number of carbonyl (C=O) groups excluding carboxylic acids is 1. The number of nitrogens with zero attached hydrogens (tertiary/aromatic N) is 2. The average Bonchev–Trinajstić information content (AvgIpc) is 2.95. The van der Waals surface area contributed by atoms with Gasteiger partial charge in [-0.15, -0.1) is 0 Å². The van der Waals surface area contributed by atoms with E-state index >= 15 is 0 Å². The van der Waals surface area contributed by atoms with Gasteiger partial charge in [0.15, 0.2) is 0 Å². The Morgan fingerprint density at radius 2 is 1.88 bits per heavy atom. The minimum atomic E-state index is -0.134. The predicted molar refractivity (Wildman–Crippen MR) is 93.5 cm³/mol. The van der Waals surface area contributed by atoms with Gasteiger partial charge in [0, 0.05) is 24.7 Å². The molecule has 1 unspecified atom stereocenters. The Kier molecular flexibility index (Phi) is 5.49. The monoisotopic (exact) mass is 331 g/mol. The van der Waals surface area contributed by atoms with Gasteiger partial charge in [-0.25, -0.2) is 0 Å². The van der Waals surface area contributed by atoms with Gasteiger partial charge in [0.2, 0.25) is 0 Å². The summed E-state index contributed by atoms with van der Waals surface area (Å²) in [6.45, 7) is 6.13. The zero-order chi connectivity index (χ0) is 17.9. The summed E-state index contributed by atoms with van der Waals surface area (Å²) in [5.74, 6) is 1.58. The number of methoxy groups -OCH3 is 2. The molecule has 0 aliphatic rings. The maximum Gasteiger partial charge on any atom is 0.269 e. The van der Waals surface area contributed by atoms with E-state index < -0.39 is 0 Å². The molecule has 0 spiro atoms. The van der Waals surface area contributed by atoms with Gasteiger partial charge in [0.25, 0.3) is 5.91 Å². The molecular formula is C18H25N3O3. The summed E-state index contributed by atoms with van der Waals surface area (Å²) in [6, 6.07) is 7.37. The molecule has 2 aromatic rings. The van der Waals surface area contributed by atoms with Gasteiger partial charge in [-0.3, -0.25) is 9.48 Å². The normalized spacial score (nSPS) is 12.1. The first-order chi connectivity index (χ1) is 11.4. The van der Waals surface area contributed by atoms with Crippen LogP contribution in [0.1, 0.15) is 31.3 Å². The van der Waals surface area contributed by atoms with E-state index in [-0.39, 0.29) is 11.9 Å². The van der Waals surface area contributed by atoms with Crippen molar-refractivity contribution >= 4 is 5.91 Å². The number of ether oxygens (including phenoxy) is 2. The number of carbonyl (C=O) groups is 1. The minimum Gasteiger partial charge on any atom is -0.497 e. The molecule has 2 rings (SSSR count). The van der Waals surface area contributed by atoms with E-state index in [2.05, 4.69) is 24.3 Å². The van der Waals surface area contributed by atoms with E-state index in [9.17, 15) is 4.79 Å². The molecule has 1 heterocycles. The van der Waals surface area contributed by atoms with Crippen molar-refractivity contribution in [2.75, 3.05) is 14.2 Å². The zero-order valence-corrected chi connectivity index (χ0v) is 15.1. The Bertz CT molecular complexity index is 722. The summed E-state index contributed by atoms with van der Waals surface area (Å²) < 4.78 is 12.2. The lowest BCUT2D eigenvalue weighted by atomic mass is 10.1. The molecule has 0 aliphatic heterocycles. The third-order valence-electron chi connectivity index (χ3n) is 4.16. The minimum absolute atomic E-state index is 0.0892. The molecule has 0 fully saturated rings. The number of amides is 1. The van der Waals surface area contributed by atoms with Crippen LogP contribution < -0.4 is 14.8 Å². The summed E-state index contributed by atoms with van der Waals surface area (Å²) >= 11 is 0. The number of hydrogen-bond donors (Lipinski definition) is 1. The highest BCUT2D eigenvalue weighted by Gasteiger charge is 2.19. The van der Waals surface area contributed by atoms with Crippen LogP contribution in [0.3, 0.4) is 0 Å². The van der Waals surface area contributed by atoms with Crippen molar-refractivity contribution in [3.8, 4) is 22.8 Å². The van der Waals surface area contributed by atoms with Gasteiger partial charge in [-0.05, 0) is 31.0 Å². The van der Waals surface area contributed by atoms with Crippen molar-refractivity contribution in [1.29, 1.82) is 0 Å². The Balaban J connectivity index is 2.33. The Labute approximate surface area is 142 Å². The molecule has 1 aromatic heterocycles. The van der Waals surface area contributed by atoms with E-state index in [1.807, 2.05) is 19.1 Å². The standard InChI is InChI=1S/C18H25N3O3/c1-11(2)12(3)19-18(22)16-10-15(20-21(16)4)14-8-7-13(23-5)9-17(14)24-6/h7-12H,1-6H3,(H,19,22). The molecule has 6 nitrogen and oxygen atoms in total. The van der Waals surface area contributed by atoms with Crippen LogP contribution in [0.15, 0.2) is 24.3 Å². The fraction of sp³-hybridized carbons (Fsp3) is 0.444. The molecule has 1 amide bonds. The van der Waals surface area contributed by atoms with Gasteiger partial charge in [-0.1, -0.05) is 13.8 Å². The van der Waals surface area contributed by atoms with Gasteiger partial charge < -0.3 is 14.8 Å². The molecular weight excluding hydrogens is 306 g/mol. The number of nitrogens with one attached hydrogen (secondary N) is 1. The second-order valence-corrected chi connectivity index (χ2v) is 6.11. The molecule has 6 heteroatoms. The topological polar surface area (TPSA) is 65.4 Å². The van der Waals surface area contributed by atoms with Gasteiger partial charge in [0.05, 0.1) is 19.9 Å². The highest BCUT2D eigenvalue weighted by Crippen LogP contribution is 2.32. The quantitative estimate of drug-likeness (QED) is 0.884. The van der Waals surface area contributed by atoms with Crippen molar-refractivity contribution in [1.82, 2.24) is 15.1 Å². The van der Waals surface area contributed by atoms with Gasteiger partial charge >= 0.3 is 0 Å². The Morgan fingerprint density at radius 3 is 2.46 bits per heavy atom. The first kappa shape index (κ1) is 17.8. The predicted octanol–water partition coefficient (Wildman–Crippen LogP) is 2.88. The van der Waals surface area contributed by atoms with Crippen LogP contribution in [0.2, 0.25) is 0 Å². The molecule has 1 N–H and O–H groups in total. The van der Waals surface area contributed by atoms with Crippen LogP contribution in [0.4, 0.5) is 0 Å². The maximum absolute atomic E-state index is 12.5. The van der Waals surface area contributed by atoms with Gasteiger partial charge in [0.1, 0.15) is 17.2 Å². The van der Waals surface area contributed by atoms with Crippen LogP contribution in [-0.2, 0) is 7.05 Å². The Morgan fingerprint density at radius 1 is 1.17 bits per heavy atom. The van der Waals surface area contributed by atoms with Crippen LogP contribution >= 0.6 is 0 Å². The number of benzene rings is 1. The SMILES string of the molecule is COc1ccc(-c2cc(C(=O)NC(C)C(C)C)n(C)n2)c(OC)c1. The smallest absolute Gasteiger partial charge is 0.269 e. The lowest BCUT2D eigenvalue weighted by Gasteiger charge is -2.17. The molecule has 0 aliphatic carbocycles. The number of aryl methyl sites for hydroxylation is 1. The van der Waals surface area contributed by atoms with Crippen molar-refractivity contribution in [2.24, 2.45) is 13.0 Å². The molecule has 1 aromatic carbocycles. The zero-order valence-electron chi connectivity index (χ0n) is 15.1.